The average molecular weight is 329 g/mol. The number of hydrogen-bond donors (Lipinski definition) is 2. The lowest BCUT2D eigenvalue weighted by Gasteiger charge is -2.02. The van der Waals surface area contributed by atoms with Gasteiger partial charge in [-0.1, -0.05) is 0 Å². The van der Waals surface area contributed by atoms with Crippen molar-refractivity contribution in [2.45, 2.75) is 13.8 Å². The van der Waals surface area contributed by atoms with Crippen molar-refractivity contribution in [3.05, 3.63) is 37.0 Å². The van der Waals surface area contributed by atoms with E-state index >= 15 is 0 Å². The quantitative estimate of drug-likeness (QED) is 0.887. The van der Waals surface area contributed by atoms with Crippen LogP contribution in [0.3, 0.4) is 0 Å². The number of thiophene rings is 1. The van der Waals surface area contributed by atoms with Gasteiger partial charge in [0.2, 0.25) is 0 Å². The largest absolute Gasteiger partial charge is 0.477 e. The molecule has 94 valence electrons. The predicted molar refractivity (Wildman–Crippen MR) is 72.3 cm³/mol. The lowest BCUT2D eigenvalue weighted by molar-refractivity contribution is 0.0693. The van der Waals surface area contributed by atoms with Crippen LogP contribution >= 0.6 is 27.3 Å². The van der Waals surface area contributed by atoms with Crippen LogP contribution < -0.4 is 5.56 Å². The number of aromatic nitrogens is 2. The summed E-state index contributed by atoms with van der Waals surface area (Å²) < 4.78 is 0.958. The van der Waals surface area contributed by atoms with Gasteiger partial charge in [0.15, 0.2) is 5.82 Å². The van der Waals surface area contributed by atoms with Crippen LogP contribution in [-0.4, -0.2) is 21.0 Å². The van der Waals surface area contributed by atoms with Gasteiger partial charge in [0.25, 0.3) is 5.56 Å². The first-order valence-electron chi connectivity index (χ1n) is 5.00. The zero-order valence-corrected chi connectivity index (χ0v) is 12.0. The molecule has 0 atom stereocenters. The van der Waals surface area contributed by atoms with Crippen LogP contribution in [-0.2, 0) is 0 Å². The van der Waals surface area contributed by atoms with E-state index in [1.54, 1.807) is 0 Å². The minimum Gasteiger partial charge on any atom is -0.477 e. The summed E-state index contributed by atoms with van der Waals surface area (Å²) in [6, 6.07) is 1.88. The van der Waals surface area contributed by atoms with E-state index in [1.807, 2.05) is 13.0 Å². The van der Waals surface area contributed by atoms with Crippen LogP contribution in [0.25, 0.3) is 10.7 Å². The Labute approximate surface area is 115 Å². The average Bonchev–Trinajstić information content (AvgIpc) is 2.57. The van der Waals surface area contributed by atoms with Gasteiger partial charge >= 0.3 is 5.97 Å². The zero-order valence-electron chi connectivity index (χ0n) is 9.57. The molecule has 0 amide bonds. The summed E-state index contributed by atoms with van der Waals surface area (Å²) in [5.41, 5.74) is 0.305. The van der Waals surface area contributed by atoms with Crippen LogP contribution in [0.4, 0.5) is 0 Å². The van der Waals surface area contributed by atoms with Gasteiger partial charge in [0, 0.05) is 0 Å². The van der Waals surface area contributed by atoms with Crippen LogP contribution in [0.15, 0.2) is 14.6 Å². The molecule has 18 heavy (non-hydrogen) atoms. The van der Waals surface area contributed by atoms with Crippen molar-refractivity contribution in [1.29, 1.82) is 0 Å². The summed E-state index contributed by atoms with van der Waals surface area (Å²) >= 11 is 4.83. The number of aromatic amines is 1. The van der Waals surface area contributed by atoms with Crippen LogP contribution in [0, 0.1) is 13.8 Å². The lowest BCUT2D eigenvalue weighted by Crippen LogP contribution is -2.21. The number of hydrogen-bond acceptors (Lipinski definition) is 4. The van der Waals surface area contributed by atoms with Crippen molar-refractivity contribution in [2.24, 2.45) is 0 Å². The Bertz CT molecular complexity index is 671. The van der Waals surface area contributed by atoms with Gasteiger partial charge in [-0.3, -0.25) is 4.79 Å². The number of aryl methyl sites for hydroxylation is 2. The van der Waals surface area contributed by atoms with Crippen LogP contribution in [0.1, 0.15) is 21.6 Å². The molecule has 2 rings (SSSR count). The minimum atomic E-state index is -1.27. The molecule has 7 heteroatoms. The number of carboxylic acids is 1. The van der Waals surface area contributed by atoms with Crippen molar-refractivity contribution in [1.82, 2.24) is 9.97 Å². The Morgan fingerprint density at radius 1 is 1.50 bits per heavy atom. The third-order valence-corrected chi connectivity index (χ3v) is 4.55. The zero-order chi connectivity index (χ0) is 13.4. The van der Waals surface area contributed by atoms with Gasteiger partial charge in [-0.15, -0.1) is 11.3 Å². The van der Waals surface area contributed by atoms with Gasteiger partial charge in [-0.05, 0) is 41.4 Å². The standard InChI is InChI=1S/C11H9BrN2O3S/c1-4-3-6(18-8(4)12)9-13-5(2)7(11(16)17)10(15)14-9/h3H,1-2H3,(H,16,17)(H,13,14,15). The highest BCUT2D eigenvalue weighted by Gasteiger charge is 2.16. The third kappa shape index (κ3) is 2.23. The van der Waals surface area contributed by atoms with E-state index in [1.165, 1.54) is 18.3 Å². The molecule has 2 aromatic rings. The molecule has 2 N–H and O–H groups in total. The maximum atomic E-state index is 11.7. The number of carboxylic acid groups (broad SMARTS) is 1. The molecule has 0 saturated carbocycles. The van der Waals surface area contributed by atoms with E-state index in [0.717, 1.165) is 14.2 Å². The summed E-state index contributed by atoms with van der Waals surface area (Å²) in [5, 5.41) is 8.89. The van der Waals surface area contributed by atoms with E-state index in [2.05, 4.69) is 25.9 Å². The second-order valence-electron chi connectivity index (χ2n) is 3.75. The lowest BCUT2D eigenvalue weighted by atomic mass is 10.2. The number of rotatable bonds is 2. The smallest absolute Gasteiger partial charge is 0.343 e. The Balaban J connectivity index is 2.61. The fourth-order valence-corrected chi connectivity index (χ4v) is 3.01. The molecule has 0 aliphatic heterocycles. The van der Waals surface area contributed by atoms with Crippen molar-refractivity contribution in [2.75, 3.05) is 0 Å². The van der Waals surface area contributed by atoms with Crippen molar-refractivity contribution < 1.29 is 9.90 Å². The summed E-state index contributed by atoms with van der Waals surface area (Å²) in [4.78, 5) is 30.0. The monoisotopic (exact) mass is 328 g/mol. The Morgan fingerprint density at radius 2 is 2.17 bits per heavy atom. The third-order valence-electron chi connectivity index (χ3n) is 2.40. The van der Waals surface area contributed by atoms with Crippen molar-refractivity contribution in [3.63, 3.8) is 0 Å². The minimum absolute atomic E-state index is 0.212. The predicted octanol–water partition coefficient (Wildman–Crippen LogP) is 2.58. The van der Waals surface area contributed by atoms with Crippen molar-refractivity contribution >= 4 is 33.2 Å². The van der Waals surface area contributed by atoms with Gasteiger partial charge in [-0.2, -0.15) is 0 Å². The van der Waals surface area contributed by atoms with E-state index in [-0.39, 0.29) is 11.3 Å². The normalized spacial score (nSPS) is 10.6. The SMILES string of the molecule is Cc1cc(-c2nc(C)c(C(=O)O)c(=O)[nH]2)sc1Br. The maximum Gasteiger partial charge on any atom is 0.343 e. The first-order chi connectivity index (χ1) is 8.40. The topological polar surface area (TPSA) is 83.0 Å². The molecule has 0 fully saturated rings. The van der Waals surface area contributed by atoms with Gasteiger partial charge in [0.1, 0.15) is 5.56 Å². The highest BCUT2D eigenvalue weighted by atomic mass is 79.9. The molecular weight excluding hydrogens is 320 g/mol. The van der Waals surface area contributed by atoms with Gasteiger partial charge in [-0.25, -0.2) is 9.78 Å². The number of carbonyl (C=O) groups is 1. The number of nitrogens with zero attached hydrogens (tertiary/aromatic N) is 1. The fraction of sp³-hybridized carbons (Fsp3) is 0.182. The second kappa shape index (κ2) is 4.66. The molecule has 0 aliphatic carbocycles. The molecular formula is C11H9BrN2O3S. The van der Waals surface area contributed by atoms with Crippen LogP contribution in [0.5, 0.6) is 0 Å². The molecule has 0 spiro atoms. The Morgan fingerprint density at radius 3 is 2.61 bits per heavy atom. The van der Waals surface area contributed by atoms with E-state index in [4.69, 9.17) is 5.11 Å². The summed E-state index contributed by atoms with van der Waals surface area (Å²) in [7, 11) is 0. The molecule has 0 saturated heterocycles. The molecule has 0 aromatic carbocycles. The Hall–Kier alpha value is -1.47. The van der Waals surface area contributed by atoms with E-state index < -0.39 is 11.5 Å². The van der Waals surface area contributed by atoms with Crippen LogP contribution in [0.2, 0.25) is 0 Å². The van der Waals surface area contributed by atoms with Gasteiger partial charge in [0.05, 0.1) is 14.4 Å². The van der Waals surface area contributed by atoms with E-state index in [9.17, 15) is 9.59 Å². The first kappa shape index (κ1) is 13.0. The molecule has 0 aliphatic rings. The molecule has 5 nitrogen and oxygen atoms in total. The molecule has 0 unspecified atom stereocenters. The molecule has 0 radical (unpaired) electrons. The Kier molecular flexibility index (Phi) is 3.36. The second-order valence-corrected chi connectivity index (χ2v) is 6.12. The number of nitrogens with one attached hydrogen (secondary N) is 1. The summed E-state index contributed by atoms with van der Waals surface area (Å²) in [5.74, 6) is -0.877. The highest BCUT2D eigenvalue weighted by Crippen LogP contribution is 2.32. The number of H-pyrrole nitrogens is 1. The summed E-state index contributed by atoms with van der Waals surface area (Å²) in [6.45, 7) is 3.44. The molecule has 2 heterocycles. The molecule has 2 aromatic heterocycles. The summed E-state index contributed by atoms with van der Waals surface area (Å²) in [6.07, 6.45) is 0. The maximum absolute atomic E-state index is 11.7. The van der Waals surface area contributed by atoms with Gasteiger partial charge < -0.3 is 10.1 Å². The number of halogens is 1. The fourth-order valence-electron chi connectivity index (χ4n) is 1.53. The van der Waals surface area contributed by atoms with Crippen molar-refractivity contribution in [3.8, 4) is 10.7 Å². The first-order valence-corrected chi connectivity index (χ1v) is 6.61. The number of aromatic carboxylic acids is 1. The molecule has 0 bridgehead atoms. The highest BCUT2D eigenvalue weighted by molar-refractivity contribution is 9.11. The van der Waals surface area contributed by atoms with E-state index in [0.29, 0.717) is 5.82 Å².